The lowest BCUT2D eigenvalue weighted by molar-refractivity contribution is 0.0524. The van der Waals surface area contributed by atoms with Gasteiger partial charge in [-0.1, -0.05) is 30.3 Å². The maximum Gasteiger partial charge on any atom is 0.343 e. The number of hydrogen-bond donors (Lipinski definition) is 1. The van der Waals surface area contributed by atoms with Crippen molar-refractivity contribution in [2.75, 3.05) is 31.1 Å². The van der Waals surface area contributed by atoms with Crippen LogP contribution in [-0.2, 0) is 4.74 Å². The van der Waals surface area contributed by atoms with E-state index in [1.807, 2.05) is 30.3 Å². The van der Waals surface area contributed by atoms with Crippen LogP contribution in [0.4, 0.5) is 14.5 Å². The van der Waals surface area contributed by atoms with Crippen LogP contribution in [0.1, 0.15) is 47.8 Å². The molecule has 0 spiro atoms. The monoisotopic (exact) mass is 504 g/mol. The van der Waals surface area contributed by atoms with Crippen LogP contribution >= 0.6 is 0 Å². The summed E-state index contributed by atoms with van der Waals surface area (Å²) in [5, 5.41) is 3.72. The molecule has 2 aromatic carbocycles. The molecular formula is C28H26F2N4O3. The molecule has 0 radical (unpaired) electrons. The highest BCUT2D eigenvalue weighted by Gasteiger charge is 2.30. The minimum Gasteiger partial charge on any atom is -0.462 e. The van der Waals surface area contributed by atoms with Crippen molar-refractivity contribution in [2.24, 2.45) is 0 Å². The lowest BCUT2D eigenvalue weighted by Crippen LogP contribution is -2.46. The molecule has 9 heteroatoms. The first-order valence-corrected chi connectivity index (χ1v) is 12.5. The van der Waals surface area contributed by atoms with Gasteiger partial charge in [0.25, 0.3) is 0 Å². The van der Waals surface area contributed by atoms with E-state index in [0.717, 1.165) is 18.4 Å². The lowest BCUT2D eigenvalue weighted by Gasteiger charge is -2.36. The minimum absolute atomic E-state index is 0.00335. The zero-order valence-corrected chi connectivity index (χ0v) is 20.3. The predicted molar refractivity (Wildman–Crippen MR) is 137 cm³/mol. The molecule has 4 aromatic rings. The standard InChI is InChI=1S/C28H26F2N4O3/c1-2-37-28(36)20-14-34(18-8-9-18)27-19(26(20)35)12-17-13-21(29)25(23(30)24(17)32-27)33-11-10-31-22(15-33)16-6-4-3-5-7-16/h3-7,12-14,18,22,31H,2,8-11,15H2,1H3. The number of carbonyl (C=O) groups is 1. The SMILES string of the molecule is CCOC(=O)c1cn(C2CC2)c2nc3c(F)c(N4CCNC(c5ccccc5)C4)c(F)cc3cc2c1=O. The predicted octanol–water partition coefficient (Wildman–Crippen LogP) is 4.49. The molecule has 7 nitrogen and oxygen atoms in total. The topological polar surface area (TPSA) is 76.5 Å². The van der Waals surface area contributed by atoms with E-state index < -0.39 is 23.0 Å². The van der Waals surface area contributed by atoms with E-state index in [9.17, 15) is 9.59 Å². The quantitative estimate of drug-likeness (QED) is 0.319. The van der Waals surface area contributed by atoms with Crippen LogP contribution in [0.3, 0.4) is 0 Å². The number of anilines is 1. The Hall–Kier alpha value is -3.85. The average molecular weight is 505 g/mol. The average Bonchev–Trinajstić information content (AvgIpc) is 3.75. The highest BCUT2D eigenvalue weighted by molar-refractivity contribution is 5.97. The zero-order valence-electron chi connectivity index (χ0n) is 20.3. The molecule has 0 amide bonds. The van der Waals surface area contributed by atoms with Crippen LogP contribution in [0.25, 0.3) is 21.9 Å². The fraction of sp³-hybridized carbons (Fsp3) is 0.321. The Kier molecular flexibility index (Phi) is 5.87. The van der Waals surface area contributed by atoms with E-state index >= 15 is 8.78 Å². The van der Waals surface area contributed by atoms with Crippen molar-refractivity contribution in [3.63, 3.8) is 0 Å². The summed E-state index contributed by atoms with van der Waals surface area (Å²) in [6.07, 6.45) is 3.18. The van der Waals surface area contributed by atoms with Crippen molar-refractivity contribution in [1.82, 2.24) is 14.9 Å². The van der Waals surface area contributed by atoms with Crippen molar-refractivity contribution in [1.29, 1.82) is 0 Å². The van der Waals surface area contributed by atoms with E-state index in [2.05, 4.69) is 10.3 Å². The largest absolute Gasteiger partial charge is 0.462 e. The number of rotatable bonds is 5. The van der Waals surface area contributed by atoms with Gasteiger partial charge in [-0.15, -0.1) is 0 Å². The van der Waals surface area contributed by atoms with Gasteiger partial charge in [-0.05, 0) is 37.5 Å². The van der Waals surface area contributed by atoms with Gasteiger partial charge in [0.2, 0.25) is 5.43 Å². The van der Waals surface area contributed by atoms with E-state index in [0.29, 0.717) is 19.6 Å². The van der Waals surface area contributed by atoms with Gasteiger partial charge in [0.15, 0.2) is 5.82 Å². The lowest BCUT2D eigenvalue weighted by atomic mass is 10.0. The molecule has 1 atom stereocenters. The molecule has 1 aliphatic carbocycles. The number of benzene rings is 2. The minimum atomic E-state index is -0.755. The Morgan fingerprint density at radius 1 is 1.19 bits per heavy atom. The number of aromatic nitrogens is 2. The van der Waals surface area contributed by atoms with Gasteiger partial charge in [0.1, 0.15) is 28.2 Å². The smallest absolute Gasteiger partial charge is 0.343 e. The van der Waals surface area contributed by atoms with Gasteiger partial charge in [0, 0.05) is 43.3 Å². The van der Waals surface area contributed by atoms with E-state index in [-0.39, 0.29) is 51.9 Å². The van der Waals surface area contributed by atoms with Gasteiger partial charge >= 0.3 is 5.97 Å². The molecule has 190 valence electrons. The zero-order chi connectivity index (χ0) is 25.7. The third-order valence-electron chi connectivity index (χ3n) is 7.09. The van der Waals surface area contributed by atoms with Crippen molar-refractivity contribution in [3.05, 3.63) is 81.6 Å². The third kappa shape index (κ3) is 4.13. The van der Waals surface area contributed by atoms with Crippen LogP contribution in [0.2, 0.25) is 0 Å². The van der Waals surface area contributed by atoms with Crippen LogP contribution in [0.15, 0.2) is 53.5 Å². The maximum atomic E-state index is 16.0. The second kappa shape index (κ2) is 9.23. The van der Waals surface area contributed by atoms with Crippen LogP contribution in [0, 0.1) is 11.6 Å². The first-order chi connectivity index (χ1) is 18.0. The number of esters is 1. The second-order valence-electron chi connectivity index (χ2n) is 9.55. The van der Waals surface area contributed by atoms with Crippen LogP contribution < -0.4 is 15.6 Å². The Morgan fingerprint density at radius 3 is 2.70 bits per heavy atom. The Balaban J connectivity index is 1.48. The molecule has 0 bridgehead atoms. The molecule has 1 unspecified atom stereocenters. The number of nitrogens with one attached hydrogen (secondary N) is 1. The Morgan fingerprint density at radius 2 is 1.97 bits per heavy atom. The Labute approximate surface area is 211 Å². The number of nitrogens with zero attached hydrogens (tertiary/aromatic N) is 3. The molecule has 1 aliphatic heterocycles. The van der Waals surface area contributed by atoms with Crippen molar-refractivity contribution >= 4 is 33.6 Å². The normalized spacial score (nSPS) is 17.9. The Bertz CT molecular complexity index is 1580. The first-order valence-electron chi connectivity index (χ1n) is 12.5. The molecule has 2 aromatic heterocycles. The summed E-state index contributed by atoms with van der Waals surface area (Å²) in [5.41, 5.74) is 0.544. The number of hydrogen-bond acceptors (Lipinski definition) is 6. The van der Waals surface area contributed by atoms with E-state index in [1.54, 1.807) is 16.4 Å². The number of piperazine rings is 1. The van der Waals surface area contributed by atoms with E-state index in [1.165, 1.54) is 18.3 Å². The summed E-state index contributed by atoms with van der Waals surface area (Å²) in [6.45, 7) is 3.20. The fourth-order valence-electron chi connectivity index (χ4n) is 5.13. The van der Waals surface area contributed by atoms with E-state index in [4.69, 9.17) is 4.74 Å². The summed E-state index contributed by atoms with van der Waals surface area (Å²) in [5.74, 6) is -2.19. The van der Waals surface area contributed by atoms with Gasteiger partial charge in [-0.2, -0.15) is 0 Å². The molecule has 2 aliphatic rings. The number of halogens is 2. The maximum absolute atomic E-state index is 16.0. The summed E-state index contributed by atoms with van der Waals surface area (Å²) in [7, 11) is 0. The summed E-state index contributed by atoms with van der Waals surface area (Å²) >= 11 is 0. The van der Waals surface area contributed by atoms with Crippen LogP contribution in [0.5, 0.6) is 0 Å². The third-order valence-corrected chi connectivity index (χ3v) is 7.09. The molecule has 1 saturated heterocycles. The van der Waals surface area contributed by atoms with Gasteiger partial charge in [-0.25, -0.2) is 18.6 Å². The number of carbonyl (C=O) groups excluding carboxylic acids is 1. The molecule has 3 heterocycles. The molecule has 2 fully saturated rings. The molecule has 37 heavy (non-hydrogen) atoms. The molecule has 1 saturated carbocycles. The van der Waals surface area contributed by atoms with Crippen molar-refractivity contribution in [3.8, 4) is 0 Å². The van der Waals surface area contributed by atoms with Gasteiger partial charge < -0.3 is 19.5 Å². The highest BCUT2D eigenvalue weighted by atomic mass is 19.1. The highest BCUT2D eigenvalue weighted by Crippen LogP contribution is 2.38. The second-order valence-corrected chi connectivity index (χ2v) is 9.55. The summed E-state index contributed by atoms with van der Waals surface area (Å²) < 4.78 is 38.2. The van der Waals surface area contributed by atoms with Gasteiger partial charge in [-0.3, -0.25) is 4.79 Å². The molecular weight excluding hydrogens is 478 g/mol. The molecule has 6 rings (SSSR count). The van der Waals surface area contributed by atoms with Gasteiger partial charge in [0.05, 0.1) is 12.0 Å². The number of ether oxygens (including phenoxy) is 1. The number of pyridine rings is 2. The summed E-state index contributed by atoms with van der Waals surface area (Å²) in [4.78, 5) is 31.9. The van der Waals surface area contributed by atoms with Crippen LogP contribution in [-0.4, -0.2) is 41.8 Å². The number of fused-ring (bicyclic) bond motifs is 2. The first kappa shape index (κ1) is 23.5. The summed E-state index contributed by atoms with van der Waals surface area (Å²) in [6, 6.07) is 12.4. The van der Waals surface area contributed by atoms with Crippen molar-refractivity contribution in [2.45, 2.75) is 31.8 Å². The fourth-order valence-corrected chi connectivity index (χ4v) is 5.13. The molecule has 1 N–H and O–H groups in total. The van der Waals surface area contributed by atoms with Crippen molar-refractivity contribution < 1.29 is 18.3 Å².